The Labute approximate surface area is 92.7 Å². The number of alkyl halides is 1. The maximum absolute atomic E-state index is 5.57. The van der Waals surface area contributed by atoms with E-state index in [0.717, 1.165) is 5.33 Å². The molecule has 0 spiro atoms. The van der Waals surface area contributed by atoms with E-state index in [2.05, 4.69) is 40.5 Å². The van der Waals surface area contributed by atoms with Crippen LogP contribution in [-0.4, -0.2) is 11.4 Å². The molecule has 0 amide bonds. The van der Waals surface area contributed by atoms with Crippen LogP contribution in [0.25, 0.3) is 0 Å². The third-order valence-corrected chi connectivity index (χ3v) is 3.47. The minimum Gasteiger partial charge on any atom is -0.293 e. The molecule has 1 N–H and O–H groups in total. The van der Waals surface area contributed by atoms with E-state index >= 15 is 0 Å². The van der Waals surface area contributed by atoms with Crippen molar-refractivity contribution >= 4 is 15.9 Å². The maximum Gasteiger partial charge on any atom is 0.109 e. The van der Waals surface area contributed by atoms with Gasteiger partial charge in [0.05, 0.1) is 0 Å². The quantitative estimate of drug-likeness (QED) is 0.821. The first-order chi connectivity index (χ1) is 6.83. The summed E-state index contributed by atoms with van der Waals surface area (Å²) in [6, 6.07) is 10.7. The van der Waals surface area contributed by atoms with Crippen molar-refractivity contribution in [3.63, 3.8) is 0 Å². The van der Waals surface area contributed by atoms with Crippen molar-refractivity contribution < 1.29 is 4.84 Å². The molecule has 1 aliphatic heterocycles. The van der Waals surface area contributed by atoms with Crippen LogP contribution in [0.3, 0.4) is 0 Å². The molecule has 1 aliphatic rings. The summed E-state index contributed by atoms with van der Waals surface area (Å²) >= 11 is 3.53. The summed E-state index contributed by atoms with van der Waals surface area (Å²) in [6.07, 6.45) is 0.172. The zero-order chi connectivity index (χ0) is 9.97. The van der Waals surface area contributed by atoms with Gasteiger partial charge in [0.25, 0.3) is 0 Å². The summed E-state index contributed by atoms with van der Waals surface area (Å²) in [5.74, 6) is 0.498. The van der Waals surface area contributed by atoms with Crippen molar-refractivity contribution in [1.29, 1.82) is 0 Å². The second kappa shape index (κ2) is 4.43. The molecule has 0 aromatic heterocycles. The summed E-state index contributed by atoms with van der Waals surface area (Å²) in [5.41, 5.74) is 4.28. The Balaban J connectivity index is 2.19. The van der Waals surface area contributed by atoms with Crippen LogP contribution in [0.15, 0.2) is 30.3 Å². The summed E-state index contributed by atoms with van der Waals surface area (Å²) in [4.78, 5) is 5.57. The van der Waals surface area contributed by atoms with Gasteiger partial charge in [-0.15, -0.1) is 0 Å². The number of hydrogen-bond donors (Lipinski definition) is 1. The van der Waals surface area contributed by atoms with E-state index < -0.39 is 0 Å². The maximum atomic E-state index is 5.57. The van der Waals surface area contributed by atoms with Gasteiger partial charge in [-0.1, -0.05) is 46.3 Å². The van der Waals surface area contributed by atoms with Gasteiger partial charge in [0, 0.05) is 17.3 Å². The Morgan fingerprint density at radius 1 is 1.36 bits per heavy atom. The third-order valence-electron chi connectivity index (χ3n) is 2.72. The highest BCUT2D eigenvalue weighted by atomic mass is 79.9. The number of hydrogen-bond acceptors (Lipinski definition) is 2. The third kappa shape index (κ3) is 1.85. The van der Waals surface area contributed by atoms with Gasteiger partial charge in [-0.3, -0.25) is 4.84 Å². The second-order valence-corrected chi connectivity index (χ2v) is 4.32. The van der Waals surface area contributed by atoms with Crippen molar-refractivity contribution in [2.24, 2.45) is 5.92 Å². The SMILES string of the molecule is CC1NOC(c2ccccc2)C1CBr. The zero-order valence-electron chi connectivity index (χ0n) is 8.11. The average Bonchev–Trinajstić information content (AvgIpc) is 2.61. The number of halogens is 1. The molecule has 3 atom stereocenters. The van der Waals surface area contributed by atoms with E-state index in [0.29, 0.717) is 12.0 Å². The minimum absolute atomic E-state index is 0.172. The number of nitrogens with one attached hydrogen (secondary N) is 1. The molecule has 1 fully saturated rings. The Morgan fingerprint density at radius 2 is 2.07 bits per heavy atom. The predicted molar refractivity (Wildman–Crippen MR) is 60.1 cm³/mol. The van der Waals surface area contributed by atoms with Crippen LogP contribution in [0.5, 0.6) is 0 Å². The summed E-state index contributed by atoms with van der Waals surface area (Å²) in [5, 5.41) is 0.959. The standard InChI is InChI=1S/C11H14BrNO/c1-8-10(7-12)11(14-13-8)9-5-3-2-4-6-9/h2-6,8,10-11,13H,7H2,1H3. The Morgan fingerprint density at radius 3 is 2.71 bits per heavy atom. The molecule has 2 nitrogen and oxygen atoms in total. The monoisotopic (exact) mass is 255 g/mol. The molecule has 1 saturated heterocycles. The van der Waals surface area contributed by atoms with Crippen LogP contribution < -0.4 is 5.48 Å². The average molecular weight is 256 g/mol. The van der Waals surface area contributed by atoms with E-state index in [1.54, 1.807) is 0 Å². The normalized spacial score (nSPS) is 32.0. The van der Waals surface area contributed by atoms with Crippen LogP contribution in [0.2, 0.25) is 0 Å². The van der Waals surface area contributed by atoms with Gasteiger partial charge in [0.1, 0.15) is 6.10 Å². The van der Waals surface area contributed by atoms with Gasteiger partial charge in [0.15, 0.2) is 0 Å². The summed E-state index contributed by atoms with van der Waals surface area (Å²) < 4.78 is 0. The van der Waals surface area contributed by atoms with E-state index in [4.69, 9.17) is 4.84 Å². The lowest BCUT2D eigenvalue weighted by atomic mass is 9.93. The van der Waals surface area contributed by atoms with Gasteiger partial charge in [-0.05, 0) is 12.5 Å². The molecule has 0 saturated carbocycles. The van der Waals surface area contributed by atoms with E-state index in [9.17, 15) is 0 Å². The van der Waals surface area contributed by atoms with Crippen molar-refractivity contribution in [3.05, 3.63) is 35.9 Å². The molecule has 3 unspecified atom stereocenters. The lowest BCUT2D eigenvalue weighted by Gasteiger charge is -2.16. The number of benzene rings is 1. The highest BCUT2D eigenvalue weighted by Gasteiger charge is 2.34. The van der Waals surface area contributed by atoms with Crippen molar-refractivity contribution in [3.8, 4) is 0 Å². The van der Waals surface area contributed by atoms with Crippen molar-refractivity contribution in [1.82, 2.24) is 5.48 Å². The molecule has 14 heavy (non-hydrogen) atoms. The number of rotatable bonds is 2. The van der Waals surface area contributed by atoms with Crippen LogP contribution in [0.1, 0.15) is 18.6 Å². The first-order valence-corrected chi connectivity index (χ1v) is 5.97. The fraction of sp³-hybridized carbons (Fsp3) is 0.455. The molecule has 1 aromatic rings. The van der Waals surface area contributed by atoms with Crippen LogP contribution >= 0.6 is 15.9 Å². The van der Waals surface area contributed by atoms with Crippen LogP contribution in [-0.2, 0) is 4.84 Å². The Kier molecular flexibility index (Phi) is 3.21. The van der Waals surface area contributed by atoms with Gasteiger partial charge in [0.2, 0.25) is 0 Å². The Bertz CT molecular complexity index is 291. The molecule has 1 heterocycles. The first kappa shape index (κ1) is 10.1. The lowest BCUT2D eigenvalue weighted by Crippen LogP contribution is -2.23. The zero-order valence-corrected chi connectivity index (χ0v) is 9.70. The summed E-state index contributed by atoms with van der Waals surface area (Å²) in [6.45, 7) is 2.15. The molecule has 2 rings (SSSR count). The molecule has 1 aromatic carbocycles. The highest BCUT2D eigenvalue weighted by Crippen LogP contribution is 2.33. The molecule has 0 bridgehead atoms. The molecule has 3 heteroatoms. The molecule has 0 radical (unpaired) electrons. The lowest BCUT2D eigenvalue weighted by molar-refractivity contribution is 0.0203. The second-order valence-electron chi connectivity index (χ2n) is 3.67. The fourth-order valence-electron chi connectivity index (χ4n) is 1.79. The largest absolute Gasteiger partial charge is 0.293 e. The van der Waals surface area contributed by atoms with Crippen molar-refractivity contribution in [2.75, 3.05) is 5.33 Å². The van der Waals surface area contributed by atoms with Gasteiger partial charge >= 0.3 is 0 Å². The van der Waals surface area contributed by atoms with Gasteiger partial charge in [-0.2, -0.15) is 5.48 Å². The number of hydroxylamine groups is 1. The smallest absolute Gasteiger partial charge is 0.109 e. The molecule has 0 aliphatic carbocycles. The molecular weight excluding hydrogens is 242 g/mol. The fourth-order valence-corrected chi connectivity index (χ4v) is 2.69. The van der Waals surface area contributed by atoms with Gasteiger partial charge < -0.3 is 0 Å². The predicted octanol–water partition coefficient (Wildman–Crippen LogP) is 2.66. The molecular formula is C11H14BrNO. The minimum atomic E-state index is 0.172. The van der Waals surface area contributed by atoms with E-state index in [1.165, 1.54) is 5.56 Å². The Hall–Kier alpha value is -0.380. The van der Waals surface area contributed by atoms with E-state index in [-0.39, 0.29) is 6.10 Å². The van der Waals surface area contributed by atoms with Gasteiger partial charge in [-0.25, -0.2) is 0 Å². The summed E-state index contributed by atoms with van der Waals surface area (Å²) in [7, 11) is 0. The highest BCUT2D eigenvalue weighted by molar-refractivity contribution is 9.09. The van der Waals surface area contributed by atoms with E-state index in [1.807, 2.05) is 18.2 Å². The van der Waals surface area contributed by atoms with Crippen molar-refractivity contribution in [2.45, 2.75) is 19.1 Å². The molecule has 76 valence electrons. The first-order valence-electron chi connectivity index (χ1n) is 4.85. The topological polar surface area (TPSA) is 21.3 Å². The van der Waals surface area contributed by atoms with Crippen LogP contribution in [0, 0.1) is 5.92 Å². The van der Waals surface area contributed by atoms with Crippen LogP contribution in [0.4, 0.5) is 0 Å².